The second kappa shape index (κ2) is 5.86. The number of nitrogens with zero attached hydrogens (tertiary/aromatic N) is 1. The monoisotopic (exact) mass is 282 g/mol. The molecule has 0 bridgehead atoms. The van der Waals surface area contributed by atoms with Gasteiger partial charge in [-0.15, -0.1) is 0 Å². The zero-order valence-corrected chi connectivity index (χ0v) is 9.38. The van der Waals surface area contributed by atoms with Gasteiger partial charge in [0.15, 0.2) is 12.3 Å². The van der Waals surface area contributed by atoms with E-state index >= 15 is 0 Å². The van der Waals surface area contributed by atoms with Gasteiger partial charge in [-0.3, -0.25) is 10.1 Å². The van der Waals surface area contributed by atoms with E-state index in [-0.39, 0.29) is 0 Å². The number of carbonyl (C=O) groups is 1. The van der Waals surface area contributed by atoms with E-state index in [0.717, 1.165) is 0 Å². The summed E-state index contributed by atoms with van der Waals surface area (Å²) in [5.74, 6) is -5.59. The lowest BCUT2D eigenvalue weighted by Crippen LogP contribution is -2.53. The minimum atomic E-state index is -3.78. The van der Waals surface area contributed by atoms with E-state index in [0.29, 0.717) is 6.21 Å². The maximum Gasteiger partial charge on any atom is 0.319 e. The van der Waals surface area contributed by atoms with Gasteiger partial charge in [0.05, 0.1) is 12.8 Å². The molecule has 1 amide bonds. The molecular formula is C8H12F2N4O5. The summed E-state index contributed by atoms with van der Waals surface area (Å²) in [5.41, 5.74) is 0. The first-order valence-electron chi connectivity index (χ1n) is 4.99. The van der Waals surface area contributed by atoms with Crippen LogP contribution in [-0.4, -0.2) is 64.5 Å². The molecule has 6 N–H and O–H groups in total. The first kappa shape index (κ1) is 15.2. The highest BCUT2D eigenvalue weighted by atomic mass is 19.3. The molecule has 0 aromatic heterocycles. The molecule has 1 aliphatic heterocycles. The van der Waals surface area contributed by atoms with Gasteiger partial charge in [-0.25, -0.2) is 0 Å². The van der Waals surface area contributed by atoms with Crippen molar-refractivity contribution in [1.82, 2.24) is 10.6 Å². The number of hydrogen-bond donors (Lipinski definition) is 6. The first-order valence-corrected chi connectivity index (χ1v) is 4.99. The zero-order chi connectivity index (χ0) is 14.6. The lowest BCUT2D eigenvalue weighted by Gasteiger charge is -2.21. The highest BCUT2D eigenvalue weighted by Gasteiger charge is 2.58. The van der Waals surface area contributed by atoms with Crippen LogP contribution in [0.5, 0.6) is 0 Å². The van der Waals surface area contributed by atoms with Crippen molar-refractivity contribution in [2.75, 3.05) is 6.61 Å². The van der Waals surface area contributed by atoms with Crippen LogP contribution in [0.1, 0.15) is 0 Å². The molecule has 0 unspecified atom stereocenters. The Morgan fingerprint density at radius 3 is 2.63 bits per heavy atom. The summed E-state index contributed by atoms with van der Waals surface area (Å²) in [4.78, 5) is 10.8. The maximum atomic E-state index is 13.5. The fourth-order valence-electron chi connectivity index (χ4n) is 1.38. The first-order chi connectivity index (χ1) is 8.86. The Labute approximate surface area is 105 Å². The van der Waals surface area contributed by atoms with Gasteiger partial charge in [0.1, 0.15) is 6.10 Å². The molecule has 11 heteroatoms. The average Bonchev–Trinajstić information content (AvgIpc) is 2.60. The maximum absolute atomic E-state index is 13.5. The molecule has 1 aliphatic rings. The van der Waals surface area contributed by atoms with Crippen LogP contribution < -0.4 is 10.6 Å². The summed E-state index contributed by atoms with van der Waals surface area (Å²) in [6.45, 7) is -0.840. The van der Waals surface area contributed by atoms with Gasteiger partial charge in [-0.2, -0.15) is 8.78 Å². The largest absolute Gasteiger partial charge is 0.408 e. The fraction of sp³-hybridized carbons (Fsp3) is 0.625. The Bertz CT molecular complexity index is 391. The highest BCUT2D eigenvalue weighted by Crippen LogP contribution is 2.34. The van der Waals surface area contributed by atoms with E-state index in [4.69, 9.17) is 15.7 Å². The Hall–Kier alpha value is -1.85. The molecule has 3 atom stereocenters. The quantitative estimate of drug-likeness (QED) is 0.150. The van der Waals surface area contributed by atoms with Crippen LogP contribution >= 0.6 is 0 Å². The smallest absolute Gasteiger partial charge is 0.319 e. The summed E-state index contributed by atoms with van der Waals surface area (Å²) in [5, 5.41) is 39.1. The van der Waals surface area contributed by atoms with E-state index in [1.807, 2.05) is 5.32 Å². The van der Waals surface area contributed by atoms with Crippen LogP contribution in [0.25, 0.3) is 0 Å². The third-order valence-electron chi connectivity index (χ3n) is 2.33. The minimum absolute atomic E-state index is 0.325. The number of ether oxygens (including phenoxy) is 1. The Morgan fingerprint density at radius 1 is 1.58 bits per heavy atom. The van der Waals surface area contributed by atoms with Crippen molar-refractivity contribution in [3.8, 4) is 0 Å². The van der Waals surface area contributed by atoms with Crippen LogP contribution in [0, 0.1) is 5.41 Å². The van der Waals surface area contributed by atoms with Gasteiger partial charge in [0, 0.05) is 0 Å². The number of hydrogen-bond acceptors (Lipinski definition) is 7. The Balaban J connectivity index is 2.75. The van der Waals surface area contributed by atoms with Crippen LogP contribution in [0.15, 0.2) is 5.16 Å². The number of oxime groups is 1. The highest BCUT2D eigenvalue weighted by molar-refractivity contribution is 6.28. The molecule has 0 aliphatic carbocycles. The predicted molar refractivity (Wildman–Crippen MR) is 56.0 cm³/mol. The Kier molecular flexibility index (Phi) is 4.69. The van der Waals surface area contributed by atoms with E-state index < -0.39 is 42.8 Å². The molecule has 1 rings (SSSR count). The normalized spacial score (nSPS) is 29.9. The second-order valence-corrected chi connectivity index (χ2v) is 3.58. The van der Waals surface area contributed by atoms with E-state index in [1.54, 1.807) is 5.32 Å². The average molecular weight is 282 g/mol. The third-order valence-corrected chi connectivity index (χ3v) is 2.33. The van der Waals surface area contributed by atoms with Crippen LogP contribution in [0.2, 0.25) is 0 Å². The van der Waals surface area contributed by atoms with Crippen molar-refractivity contribution in [2.45, 2.75) is 24.4 Å². The van der Waals surface area contributed by atoms with E-state index in [1.165, 1.54) is 0 Å². The van der Waals surface area contributed by atoms with E-state index in [9.17, 15) is 18.7 Å². The predicted octanol–water partition coefficient (Wildman–Crippen LogP) is -2.20. The second-order valence-electron chi connectivity index (χ2n) is 3.58. The summed E-state index contributed by atoms with van der Waals surface area (Å²) in [7, 11) is 0. The molecule has 0 radical (unpaired) electrons. The number of amides is 1. The number of halogens is 2. The van der Waals surface area contributed by atoms with E-state index in [2.05, 4.69) is 9.89 Å². The molecular weight excluding hydrogens is 270 g/mol. The third kappa shape index (κ3) is 3.13. The number of aliphatic hydroxyl groups is 2. The van der Waals surface area contributed by atoms with Crippen LogP contribution in [0.4, 0.5) is 8.78 Å². The lowest BCUT2D eigenvalue weighted by molar-refractivity contribution is -0.117. The summed E-state index contributed by atoms with van der Waals surface area (Å²) < 4.78 is 31.6. The fourth-order valence-corrected chi connectivity index (χ4v) is 1.38. The van der Waals surface area contributed by atoms with Gasteiger partial charge >= 0.3 is 5.92 Å². The number of alkyl halides is 2. The molecule has 19 heavy (non-hydrogen) atoms. The minimum Gasteiger partial charge on any atom is -0.408 e. The van der Waals surface area contributed by atoms with Gasteiger partial charge in [-0.1, -0.05) is 5.16 Å². The summed E-state index contributed by atoms with van der Waals surface area (Å²) in [6, 6.07) is 0. The Morgan fingerprint density at radius 2 is 2.21 bits per heavy atom. The van der Waals surface area contributed by atoms with Crippen molar-refractivity contribution in [2.24, 2.45) is 5.16 Å². The summed E-state index contributed by atoms with van der Waals surface area (Å²) in [6.07, 6.45) is -5.57. The number of guanidine groups is 1. The van der Waals surface area contributed by atoms with Crippen LogP contribution in [-0.2, 0) is 9.53 Å². The number of carbonyl (C=O) groups excluding carboxylic acids is 1. The zero-order valence-electron chi connectivity index (χ0n) is 9.38. The van der Waals surface area contributed by atoms with Gasteiger partial charge in [0.2, 0.25) is 5.96 Å². The van der Waals surface area contributed by atoms with Gasteiger partial charge in [0.25, 0.3) is 5.91 Å². The van der Waals surface area contributed by atoms with Crippen molar-refractivity contribution in [3.05, 3.63) is 0 Å². The molecule has 0 saturated carbocycles. The molecule has 108 valence electrons. The van der Waals surface area contributed by atoms with Gasteiger partial charge < -0.3 is 30.9 Å². The summed E-state index contributed by atoms with van der Waals surface area (Å²) >= 11 is 0. The lowest BCUT2D eigenvalue weighted by atomic mass is 10.1. The SMILES string of the molecule is N=CC(=O)N/C(=N\O)N[C@@H]1O[C@H](CO)[C@@H](O)C1(F)F. The molecule has 1 heterocycles. The van der Waals surface area contributed by atoms with Crippen molar-refractivity contribution in [3.63, 3.8) is 0 Å². The molecule has 0 aromatic carbocycles. The van der Waals surface area contributed by atoms with Crippen molar-refractivity contribution in [1.29, 1.82) is 5.41 Å². The number of rotatable bonds is 3. The number of nitrogens with one attached hydrogen (secondary N) is 3. The van der Waals surface area contributed by atoms with Gasteiger partial charge in [-0.05, 0) is 0 Å². The van der Waals surface area contributed by atoms with Crippen LogP contribution in [0.3, 0.4) is 0 Å². The molecule has 9 nitrogen and oxygen atoms in total. The molecule has 1 saturated heterocycles. The topological polar surface area (TPSA) is 147 Å². The van der Waals surface area contributed by atoms with Crippen molar-refractivity contribution < 1.29 is 33.7 Å². The molecule has 1 fully saturated rings. The standard InChI is InChI=1S/C8H12F2N4O5/c9-8(10)5(17)3(2-15)19-6(8)13-7(14-18)12-4(16)1-11/h1,3,5-6,11,15,17-18H,2H2,(H2,12,13,14,16)/t3-,5-,6-/m1/s1. The molecule has 0 spiro atoms. The van der Waals surface area contributed by atoms with Crippen molar-refractivity contribution >= 4 is 18.1 Å². The molecule has 0 aromatic rings. The number of aliphatic hydroxyl groups excluding tert-OH is 2.